The summed E-state index contributed by atoms with van der Waals surface area (Å²) in [6, 6.07) is 26.6. The Labute approximate surface area is 162 Å². The van der Waals surface area contributed by atoms with Gasteiger partial charge in [0, 0.05) is 11.2 Å². The number of aliphatic imine (C=N–C) groups is 1. The summed E-state index contributed by atoms with van der Waals surface area (Å²) in [6.45, 7) is 4.36. The van der Waals surface area contributed by atoms with Crippen molar-refractivity contribution in [2.24, 2.45) is 4.99 Å². The van der Waals surface area contributed by atoms with E-state index < -0.39 is 0 Å². The van der Waals surface area contributed by atoms with E-state index in [1.807, 2.05) is 0 Å². The fraction of sp³-hybridized carbons (Fsp3) is 0.240. The van der Waals surface area contributed by atoms with Crippen molar-refractivity contribution in [1.29, 1.82) is 0 Å². The van der Waals surface area contributed by atoms with E-state index in [1.54, 1.807) is 0 Å². The topological polar surface area (TPSA) is 12.4 Å². The summed E-state index contributed by atoms with van der Waals surface area (Å²) in [5.41, 5.74) is 8.50. The third-order valence-electron chi connectivity index (χ3n) is 6.07. The number of hydrogen-bond acceptors (Lipinski definition) is 1. The Morgan fingerprint density at radius 2 is 1.52 bits per heavy atom. The first-order valence-electron chi connectivity index (χ1n) is 9.80. The Kier molecular flexibility index (Phi) is 4.21. The highest BCUT2D eigenvalue weighted by Gasteiger charge is 2.46. The fourth-order valence-corrected chi connectivity index (χ4v) is 8.01. The lowest BCUT2D eigenvalue weighted by Gasteiger charge is -2.21. The Morgan fingerprint density at radius 1 is 0.815 bits per heavy atom. The van der Waals surface area contributed by atoms with Crippen LogP contribution >= 0.6 is 7.92 Å². The number of fused-ring (bicyclic) bond motifs is 3. The molecule has 3 aromatic rings. The van der Waals surface area contributed by atoms with Gasteiger partial charge in [-0.1, -0.05) is 80.7 Å². The maximum Gasteiger partial charge on any atom is 0.0691 e. The van der Waals surface area contributed by atoms with Gasteiger partial charge in [-0.25, -0.2) is 0 Å². The first-order valence-corrected chi connectivity index (χ1v) is 11.4. The Hall–Kier alpha value is -2.24. The van der Waals surface area contributed by atoms with E-state index in [2.05, 4.69) is 86.6 Å². The van der Waals surface area contributed by atoms with Crippen LogP contribution in [0.2, 0.25) is 0 Å². The Balaban J connectivity index is 1.69. The van der Waals surface area contributed by atoms with Gasteiger partial charge in [0.05, 0.1) is 11.4 Å². The average molecular weight is 369 g/mol. The van der Waals surface area contributed by atoms with Crippen molar-refractivity contribution < 1.29 is 0 Å². The molecule has 0 N–H and O–H groups in total. The molecule has 0 saturated carbocycles. The molecule has 1 nitrogen and oxygen atoms in total. The minimum atomic E-state index is -0.213. The van der Waals surface area contributed by atoms with Crippen LogP contribution < -0.4 is 5.30 Å². The van der Waals surface area contributed by atoms with E-state index in [9.17, 15) is 0 Å². The normalized spacial score (nSPS) is 24.8. The van der Waals surface area contributed by atoms with E-state index in [-0.39, 0.29) is 7.92 Å². The highest BCUT2D eigenvalue weighted by molar-refractivity contribution is 7.67. The van der Waals surface area contributed by atoms with Crippen molar-refractivity contribution >= 4 is 24.6 Å². The highest BCUT2D eigenvalue weighted by Crippen LogP contribution is 2.60. The van der Waals surface area contributed by atoms with Crippen molar-refractivity contribution in [3.05, 3.63) is 95.1 Å². The van der Waals surface area contributed by atoms with E-state index in [0.717, 1.165) is 5.69 Å². The zero-order chi connectivity index (χ0) is 18.4. The van der Waals surface area contributed by atoms with Gasteiger partial charge in [-0.2, -0.15) is 0 Å². The lowest BCUT2D eigenvalue weighted by molar-refractivity contribution is 0.761. The number of benzene rings is 3. The molecule has 0 radical (unpaired) electrons. The van der Waals surface area contributed by atoms with Crippen LogP contribution in [0.4, 0.5) is 5.69 Å². The zero-order valence-corrected chi connectivity index (χ0v) is 16.8. The van der Waals surface area contributed by atoms with Gasteiger partial charge in [0.2, 0.25) is 0 Å². The zero-order valence-electron chi connectivity index (χ0n) is 15.9. The standard InChI is InChI=1S/C25H24NP/c1-17-9-8-10-18(2)23(17)26-24-21-14-7-6-13-20(21)22-15-16-27(25(22)24)19-11-4-3-5-12-19/h3-14,22,25H,15-16H2,1-2H3/t22-,25-,27+/m0/s1. The van der Waals surface area contributed by atoms with Crippen LogP contribution in [-0.2, 0) is 0 Å². The second-order valence-corrected chi connectivity index (χ2v) is 10.2. The second kappa shape index (κ2) is 6.73. The van der Waals surface area contributed by atoms with E-state index in [1.165, 1.54) is 45.9 Å². The molecule has 1 saturated heterocycles. The SMILES string of the molecule is Cc1cccc(C)c1N=C1c2ccccc2[C@@H]2CC[P@](c3ccccc3)[C@H]12. The molecule has 2 aliphatic rings. The molecule has 0 bridgehead atoms. The minimum absolute atomic E-state index is 0.213. The molecule has 1 fully saturated rings. The number of rotatable bonds is 2. The molecule has 5 rings (SSSR count). The minimum Gasteiger partial charge on any atom is -0.252 e. The lowest BCUT2D eigenvalue weighted by Crippen LogP contribution is -2.19. The van der Waals surface area contributed by atoms with Crippen molar-refractivity contribution in [1.82, 2.24) is 0 Å². The molecule has 0 aromatic heterocycles. The van der Waals surface area contributed by atoms with Gasteiger partial charge in [0.15, 0.2) is 0 Å². The predicted octanol–water partition coefficient (Wildman–Crippen LogP) is 6.10. The molecule has 0 amide bonds. The summed E-state index contributed by atoms with van der Waals surface area (Å²) in [4.78, 5) is 5.35. The molecule has 1 aliphatic heterocycles. The maximum absolute atomic E-state index is 5.35. The van der Waals surface area contributed by atoms with Gasteiger partial charge in [0.25, 0.3) is 0 Å². The molecule has 1 heterocycles. The second-order valence-electron chi connectivity index (χ2n) is 7.69. The van der Waals surface area contributed by atoms with E-state index in [0.29, 0.717) is 11.6 Å². The summed E-state index contributed by atoms with van der Waals surface area (Å²) < 4.78 is 0. The van der Waals surface area contributed by atoms with Gasteiger partial charge in [-0.15, -0.1) is 0 Å². The molecule has 2 heteroatoms. The molecule has 3 atom stereocenters. The summed E-state index contributed by atoms with van der Waals surface area (Å²) >= 11 is 0. The number of hydrogen-bond donors (Lipinski definition) is 0. The van der Waals surface area contributed by atoms with Crippen LogP contribution in [0.15, 0.2) is 77.8 Å². The van der Waals surface area contributed by atoms with Gasteiger partial charge in [-0.3, -0.25) is 4.99 Å². The third kappa shape index (κ3) is 2.77. The molecule has 3 aromatic carbocycles. The third-order valence-corrected chi connectivity index (χ3v) is 9.05. The maximum atomic E-state index is 5.35. The summed E-state index contributed by atoms with van der Waals surface area (Å²) in [6.07, 6.45) is 2.60. The quantitative estimate of drug-likeness (QED) is 0.484. The molecular weight excluding hydrogens is 345 g/mol. The molecule has 134 valence electrons. The largest absolute Gasteiger partial charge is 0.252 e. The lowest BCUT2D eigenvalue weighted by atomic mass is 9.99. The van der Waals surface area contributed by atoms with Crippen molar-refractivity contribution in [3.8, 4) is 0 Å². The fourth-order valence-electron chi connectivity index (χ4n) is 4.81. The van der Waals surface area contributed by atoms with Crippen LogP contribution in [0.5, 0.6) is 0 Å². The summed E-state index contributed by atoms with van der Waals surface area (Å²) in [7, 11) is -0.213. The van der Waals surface area contributed by atoms with E-state index in [4.69, 9.17) is 4.99 Å². The molecule has 27 heavy (non-hydrogen) atoms. The van der Waals surface area contributed by atoms with Gasteiger partial charge in [-0.05, 0) is 54.3 Å². The summed E-state index contributed by atoms with van der Waals surface area (Å²) in [5, 5.41) is 1.53. The van der Waals surface area contributed by atoms with Crippen molar-refractivity contribution in [2.45, 2.75) is 31.8 Å². The molecule has 0 unspecified atom stereocenters. The Morgan fingerprint density at radius 3 is 2.30 bits per heavy atom. The van der Waals surface area contributed by atoms with Crippen LogP contribution in [0.25, 0.3) is 0 Å². The Bertz CT molecular complexity index is 1000. The molecular formula is C25H24NP. The van der Waals surface area contributed by atoms with E-state index >= 15 is 0 Å². The highest BCUT2D eigenvalue weighted by atomic mass is 31.1. The van der Waals surface area contributed by atoms with Crippen molar-refractivity contribution in [3.63, 3.8) is 0 Å². The number of nitrogens with zero attached hydrogens (tertiary/aromatic N) is 1. The number of aryl methyl sites for hydroxylation is 2. The predicted molar refractivity (Wildman–Crippen MR) is 118 cm³/mol. The number of para-hydroxylation sites is 1. The van der Waals surface area contributed by atoms with Crippen molar-refractivity contribution in [2.75, 3.05) is 6.16 Å². The van der Waals surface area contributed by atoms with Crippen LogP contribution in [0, 0.1) is 13.8 Å². The van der Waals surface area contributed by atoms with Gasteiger partial charge in [0.1, 0.15) is 0 Å². The molecule has 0 spiro atoms. The first-order chi connectivity index (χ1) is 13.2. The van der Waals surface area contributed by atoms with Gasteiger partial charge >= 0.3 is 0 Å². The van der Waals surface area contributed by atoms with Gasteiger partial charge < -0.3 is 0 Å². The first kappa shape index (κ1) is 16.9. The molecule has 1 aliphatic carbocycles. The van der Waals surface area contributed by atoms with Crippen LogP contribution in [-0.4, -0.2) is 17.5 Å². The monoisotopic (exact) mass is 369 g/mol. The van der Waals surface area contributed by atoms with Crippen LogP contribution in [0.1, 0.15) is 34.6 Å². The summed E-state index contributed by atoms with van der Waals surface area (Å²) in [5.74, 6) is 0.635. The average Bonchev–Trinajstić information content (AvgIpc) is 3.25. The van der Waals surface area contributed by atoms with Crippen LogP contribution in [0.3, 0.4) is 0 Å². The smallest absolute Gasteiger partial charge is 0.0691 e.